The maximum absolute atomic E-state index is 2.58. The van der Waals surface area contributed by atoms with Gasteiger partial charge in [-0.05, 0) is 97.2 Å². The first kappa shape index (κ1) is 50.1. The highest BCUT2D eigenvalue weighted by atomic mass is 14.4. The van der Waals surface area contributed by atoms with Gasteiger partial charge < -0.3 is 0 Å². The van der Waals surface area contributed by atoms with Crippen LogP contribution in [0.2, 0.25) is 0 Å². The molecule has 4 unspecified atom stereocenters. The minimum Gasteiger partial charge on any atom is -0.0656 e. The highest BCUT2D eigenvalue weighted by Gasteiger charge is 2.35. The lowest BCUT2D eigenvalue weighted by atomic mass is 9.63. The van der Waals surface area contributed by atoms with Gasteiger partial charge in [0, 0.05) is 0 Å². The van der Waals surface area contributed by atoms with Crippen molar-refractivity contribution in [3.8, 4) is 0 Å². The summed E-state index contributed by atoms with van der Waals surface area (Å²) in [5, 5.41) is 0. The van der Waals surface area contributed by atoms with Crippen LogP contribution in [0.15, 0.2) is 0 Å². The number of rotatable bonds is 21. The van der Waals surface area contributed by atoms with Gasteiger partial charge in [0.15, 0.2) is 0 Å². The largest absolute Gasteiger partial charge is 0.0656 e. The first-order chi connectivity index (χ1) is 22.8. The summed E-state index contributed by atoms with van der Waals surface area (Å²) in [6, 6.07) is 0. The normalized spacial score (nSPS) is 21.1. The molecule has 4 atom stereocenters. The molecular weight excluding hydrogens is 577 g/mol. The standard InChI is InChI=1S/C34H66.C7H16.C4H10.C3H8/c1-8-11-14-28(6)15-12-16-31(25-33(10-3)32(9-2)23-27(4)5)24-29-17-19-30(20-18-29)26-34(7)21-13-22-34;1-4-7(5-2)6-3;1-4(2)3;1-3-2/h27-33H,8-26H2,1-7H3;7H,4-6H2,1-3H3;4H,1-3H3;3H2,1-2H3. The molecule has 2 rings (SSSR count). The molecule has 0 aromatic rings. The van der Waals surface area contributed by atoms with Crippen molar-refractivity contribution in [1.29, 1.82) is 0 Å². The van der Waals surface area contributed by atoms with Crippen molar-refractivity contribution >= 4 is 0 Å². The van der Waals surface area contributed by atoms with Crippen LogP contribution in [0.4, 0.5) is 0 Å². The molecule has 0 radical (unpaired) electrons. The van der Waals surface area contributed by atoms with Crippen LogP contribution in [-0.4, -0.2) is 0 Å². The van der Waals surface area contributed by atoms with Crippen molar-refractivity contribution in [3.63, 3.8) is 0 Å². The zero-order valence-electron chi connectivity index (χ0n) is 37.0. The molecule has 0 nitrogen and oxygen atoms in total. The van der Waals surface area contributed by atoms with Gasteiger partial charge >= 0.3 is 0 Å². The third-order valence-electron chi connectivity index (χ3n) is 12.2. The van der Waals surface area contributed by atoms with Crippen LogP contribution in [0.25, 0.3) is 0 Å². The van der Waals surface area contributed by atoms with Crippen LogP contribution in [-0.2, 0) is 0 Å². The fourth-order valence-electron chi connectivity index (χ4n) is 8.89. The van der Waals surface area contributed by atoms with Crippen LogP contribution in [0, 0.1) is 58.7 Å². The highest BCUT2D eigenvalue weighted by Crippen LogP contribution is 2.49. The Kier molecular flexibility index (Phi) is 33.1. The van der Waals surface area contributed by atoms with Crippen molar-refractivity contribution in [1.82, 2.24) is 0 Å². The highest BCUT2D eigenvalue weighted by molar-refractivity contribution is 4.87. The summed E-state index contributed by atoms with van der Waals surface area (Å²) >= 11 is 0. The Bertz CT molecular complexity index is 620. The molecule has 2 aliphatic rings. The fourth-order valence-corrected chi connectivity index (χ4v) is 8.89. The first-order valence-electron chi connectivity index (χ1n) is 22.8. The van der Waals surface area contributed by atoms with Crippen molar-refractivity contribution in [3.05, 3.63) is 0 Å². The van der Waals surface area contributed by atoms with E-state index in [9.17, 15) is 0 Å². The van der Waals surface area contributed by atoms with Crippen molar-refractivity contribution in [2.45, 2.75) is 252 Å². The molecule has 2 saturated carbocycles. The minimum absolute atomic E-state index is 0.731. The molecule has 0 aliphatic heterocycles. The van der Waals surface area contributed by atoms with Crippen LogP contribution < -0.4 is 0 Å². The van der Waals surface area contributed by atoms with E-state index >= 15 is 0 Å². The molecule has 0 spiro atoms. The smallest absolute Gasteiger partial charge is 0.0323 e. The van der Waals surface area contributed by atoms with E-state index in [0.29, 0.717) is 0 Å². The van der Waals surface area contributed by atoms with E-state index < -0.39 is 0 Å². The Morgan fingerprint density at radius 3 is 1.40 bits per heavy atom. The van der Waals surface area contributed by atoms with Crippen molar-refractivity contribution in [2.75, 3.05) is 0 Å². The van der Waals surface area contributed by atoms with Crippen LogP contribution in [0.3, 0.4) is 0 Å². The van der Waals surface area contributed by atoms with Gasteiger partial charge in [0.2, 0.25) is 0 Å². The van der Waals surface area contributed by atoms with E-state index in [2.05, 4.69) is 104 Å². The van der Waals surface area contributed by atoms with Gasteiger partial charge in [-0.1, -0.05) is 213 Å². The Hall–Kier alpha value is 0. The summed E-state index contributed by atoms with van der Waals surface area (Å²) in [6.45, 7) is 34.8. The lowest BCUT2D eigenvalue weighted by molar-refractivity contribution is 0.0910. The third-order valence-corrected chi connectivity index (χ3v) is 12.2. The summed E-state index contributed by atoms with van der Waals surface area (Å²) in [7, 11) is 0. The van der Waals surface area contributed by atoms with E-state index in [4.69, 9.17) is 0 Å². The maximum atomic E-state index is 2.58. The van der Waals surface area contributed by atoms with Crippen LogP contribution >= 0.6 is 0 Å². The quantitative estimate of drug-likeness (QED) is 0.113. The number of hydrogen-bond donors (Lipinski definition) is 0. The first-order valence-corrected chi connectivity index (χ1v) is 22.8. The van der Waals surface area contributed by atoms with Gasteiger partial charge in [-0.25, -0.2) is 0 Å². The van der Waals surface area contributed by atoms with Gasteiger partial charge in [-0.3, -0.25) is 0 Å². The molecule has 0 saturated heterocycles. The Morgan fingerprint density at radius 2 is 1.02 bits per heavy atom. The number of unbranched alkanes of at least 4 members (excludes halogenated alkanes) is 1. The summed E-state index contributed by atoms with van der Waals surface area (Å²) in [4.78, 5) is 0. The van der Waals surface area contributed by atoms with Gasteiger partial charge in [0.05, 0.1) is 0 Å². The zero-order chi connectivity index (χ0) is 37.0. The molecule has 0 bridgehead atoms. The summed E-state index contributed by atoms with van der Waals surface area (Å²) in [5.74, 6) is 8.61. The lowest BCUT2D eigenvalue weighted by Gasteiger charge is -2.43. The molecule has 0 N–H and O–H groups in total. The molecule has 48 heavy (non-hydrogen) atoms. The molecule has 0 aromatic carbocycles. The van der Waals surface area contributed by atoms with Gasteiger partial charge in [0.1, 0.15) is 0 Å². The molecule has 2 fully saturated rings. The van der Waals surface area contributed by atoms with E-state index in [1.807, 2.05) is 0 Å². The second kappa shape index (κ2) is 31.7. The topological polar surface area (TPSA) is 0 Å². The van der Waals surface area contributed by atoms with Gasteiger partial charge in [-0.2, -0.15) is 0 Å². The Labute approximate surface area is 309 Å². The SMILES string of the molecule is CC(C)C.CCC.CCC(CC)CC.CCCCC(C)CCCC(CC1CCC(CC2(C)CCC2)CC1)CC(CC)C(CC)CC(C)C. The Morgan fingerprint density at radius 1 is 0.562 bits per heavy atom. The zero-order valence-corrected chi connectivity index (χ0v) is 37.0. The predicted octanol–water partition coefficient (Wildman–Crippen LogP) is 17.8. The van der Waals surface area contributed by atoms with E-state index in [-0.39, 0.29) is 0 Å². The molecule has 2 aliphatic carbocycles. The van der Waals surface area contributed by atoms with Crippen LogP contribution in [0.1, 0.15) is 252 Å². The molecule has 0 aromatic heterocycles. The van der Waals surface area contributed by atoms with Crippen molar-refractivity contribution < 1.29 is 0 Å². The maximum Gasteiger partial charge on any atom is -0.0323 e. The fraction of sp³-hybridized carbons (Fsp3) is 1.00. The third kappa shape index (κ3) is 26.8. The molecule has 0 amide bonds. The van der Waals surface area contributed by atoms with E-state index in [1.165, 1.54) is 109 Å². The van der Waals surface area contributed by atoms with E-state index in [0.717, 1.165) is 58.7 Å². The Balaban J connectivity index is 0. The average Bonchev–Trinajstić information content (AvgIpc) is 3.02. The predicted molar refractivity (Wildman–Crippen MR) is 225 cm³/mol. The van der Waals surface area contributed by atoms with Crippen molar-refractivity contribution in [2.24, 2.45) is 58.7 Å². The number of hydrogen-bond acceptors (Lipinski definition) is 0. The van der Waals surface area contributed by atoms with Gasteiger partial charge in [-0.15, -0.1) is 0 Å². The summed E-state index contributed by atoms with van der Waals surface area (Å²) in [6.07, 6.45) is 33.6. The molecule has 292 valence electrons. The second-order valence-electron chi connectivity index (χ2n) is 18.8. The summed E-state index contributed by atoms with van der Waals surface area (Å²) in [5.41, 5.74) is 0.731. The monoisotopic (exact) mass is 677 g/mol. The molecule has 0 heterocycles. The lowest BCUT2D eigenvalue weighted by Crippen LogP contribution is -2.30. The average molecular weight is 677 g/mol. The molecule has 0 heteroatoms. The minimum atomic E-state index is 0.731. The second-order valence-corrected chi connectivity index (χ2v) is 18.8. The van der Waals surface area contributed by atoms with Gasteiger partial charge in [0.25, 0.3) is 0 Å². The molecular formula is C48H100. The van der Waals surface area contributed by atoms with Crippen LogP contribution in [0.5, 0.6) is 0 Å². The van der Waals surface area contributed by atoms with E-state index in [1.54, 1.807) is 38.5 Å². The summed E-state index contributed by atoms with van der Waals surface area (Å²) < 4.78 is 0.